The molecule has 188 valence electrons. The van der Waals surface area contributed by atoms with Crippen molar-refractivity contribution < 1.29 is 22.9 Å². The lowest BCUT2D eigenvalue weighted by Crippen LogP contribution is -2.58. The molecule has 0 aliphatic carbocycles. The van der Waals surface area contributed by atoms with Gasteiger partial charge in [-0.05, 0) is 56.1 Å². The van der Waals surface area contributed by atoms with Crippen molar-refractivity contribution in [3.63, 3.8) is 0 Å². The summed E-state index contributed by atoms with van der Waals surface area (Å²) >= 11 is 2.23. The number of nitro benzene ring substituents is 1. The van der Waals surface area contributed by atoms with Gasteiger partial charge in [-0.1, -0.05) is 28.7 Å². The quantitative estimate of drug-likeness (QED) is 0.165. The van der Waals surface area contributed by atoms with Crippen LogP contribution in [0.15, 0.2) is 28.3 Å². The second-order valence-corrected chi connectivity index (χ2v) is 12.0. The minimum absolute atomic E-state index is 0.183. The number of aryl methyl sites for hydroxylation is 1. The molecule has 12 nitrogen and oxygen atoms in total. The first-order valence-electron chi connectivity index (χ1n) is 10.3. The summed E-state index contributed by atoms with van der Waals surface area (Å²) in [6.45, 7) is 9.83. The molecule has 0 aromatic heterocycles. The Kier molecular flexibility index (Phi) is 8.50. The summed E-state index contributed by atoms with van der Waals surface area (Å²) in [5.74, 6) is -0.760. The van der Waals surface area contributed by atoms with Crippen molar-refractivity contribution in [3.8, 4) is 0 Å². The van der Waals surface area contributed by atoms with Crippen LogP contribution in [0.2, 0.25) is 0 Å². The minimum Gasteiger partial charge on any atom is -0.442 e. The van der Waals surface area contributed by atoms with Crippen molar-refractivity contribution in [1.82, 2.24) is 14.8 Å². The van der Waals surface area contributed by atoms with Crippen LogP contribution in [-0.4, -0.2) is 64.3 Å². The number of sulfonamides is 1. The van der Waals surface area contributed by atoms with Gasteiger partial charge in [-0.3, -0.25) is 10.1 Å². The molecule has 1 atom stereocenters. The largest absolute Gasteiger partial charge is 0.442 e. The molecule has 1 heterocycles. The van der Waals surface area contributed by atoms with Gasteiger partial charge in [-0.2, -0.15) is 5.10 Å². The number of nitrogens with zero attached hydrogens (tertiary/aromatic N) is 5. The second kappa shape index (κ2) is 10.4. The summed E-state index contributed by atoms with van der Waals surface area (Å²) in [7, 11) is -2.75. The van der Waals surface area contributed by atoms with E-state index in [-0.39, 0.29) is 11.6 Å². The predicted molar refractivity (Wildman–Crippen MR) is 137 cm³/mol. The molecule has 1 N–H and O–H groups in total. The van der Waals surface area contributed by atoms with Gasteiger partial charge in [0, 0.05) is 25.9 Å². The number of hydrazone groups is 1. The normalized spacial score (nSPS) is 19.7. The molecule has 1 aromatic carbocycles. The van der Waals surface area contributed by atoms with E-state index in [9.17, 15) is 23.3 Å². The Morgan fingerprint density at radius 1 is 1.47 bits per heavy atom. The number of rotatable bonds is 7. The number of carbonyl (C=O) groups is 1. The molecule has 34 heavy (non-hydrogen) atoms. The number of benzene rings is 1. The third-order valence-electron chi connectivity index (χ3n) is 4.92. The summed E-state index contributed by atoms with van der Waals surface area (Å²) in [6.07, 6.45) is 0.417. The number of hydrogen-bond acceptors (Lipinski definition) is 9. The number of nitrogens with one attached hydrogen (secondary N) is 1. The summed E-state index contributed by atoms with van der Waals surface area (Å²) in [6, 6.07) is 4.36. The molecule has 1 aliphatic rings. The van der Waals surface area contributed by atoms with E-state index in [2.05, 4.69) is 44.9 Å². The summed E-state index contributed by atoms with van der Waals surface area (Å²) in [5.41, 5.74) is 0.973. The number of hydrazine groups is 1. The number of guanidine groups is 1. The molecule has 0 unspecified atom stereocenters. The smallest absolute Gasteiger partial charge is 0.437 e. The molecule has 0 spiro atoms. The van der Waals surface area contributed by atoms with E-state index in [0.29, 0.717) is 12.0 Å². The number of carbonyl (C=O) groups excluding carboxylic acids is 1. The maximum absolute atomic E-state index is 13.2. The number of halogens is 1. The Balaban J connectivity index is 2.75. The lowest BCUT2D eigenvalue weighted by molar-refractivity contribution is -0.385. The van der Waals surface area contributed by atoms with Gasteiger partial charge in [0.1, 0.15) is 11.1 Å². The van der Waals surface area contributed by atoms with Gasteiger partial charge in [0.2, 0.25) is 16.0 Å². The van der Waals surface area contributed by atoms with Crippen LogP contribution in [0.1, 0.15) is 45.2 Å². The maximum Gasteiger partial charge on any atom is 0.437 e. The molecule has 1 aromatic rings. The molecular formula is C20H29IN6O6S. The Morgan fingerprint density at radius 3 is 2.65 bits per heavy atom. The van der Waals surface area contributed by atoms with E-state index < -0.39 is 37.9 Å². The van der Waals surface area contributed by atoms with E-state index in [4.69, 9.17) is 4.74 Å². The molecule has 0 bridgehead atoms. The standard InChI is InChI=1S/C20H29IN6O6S/c1-19(2,3)33-18(28)26(24-22-5)17-23-20(4,13-34(31,32)25(17)6)16-12-15(27(29)30)10-9-14(16)8-7-11-21/h9-10,12,24H,5,7-8,11,13H2,1-4,6H3/t20-/m0/s1. The zero-order valence-corrected chi connectivity index (χ0v) is 22.7. The first-order valence-corrected chi connectivity index (χ1v) is 13.4. The Morgan fingerprint density at radius 2 is 2.12 bits per heavy atom. The summed E-state index contributed by atoms with van der Waals surface area (Å²) in [5, 5.41) is 15.7. The van der Waals surface area contributed by atoms with E-state index in [1.165, 1.54) is 19.2 Å². The van der Waals surface area contributed by atoms with E-state index in [0.717, 1.165) is 25.7 Å². The third kappa shape index (κ3) is 6.34. The van der Waals surface area contributed by atoms with Crippen LogP contribution >= 0.6 is 22.6 Å². The third-order valence-corrected chi connectivity index (χ3v) is 7.61. The molecule has 0 saturated carbocycles. The minimum atomic E-state index is -4.00. The molecule has 0 saturated heterocycles. The molecule has 1 aliphatic heterocycles. The SMILES string of the molecule is C=NNN(C(=O)OC(C)(C)C)C1=N[C@](C)(c2cc([N+](=O)[O-])ccc2CCCI)CS(=O)(=O)N1C. The van der Waals surface area contributed by atoms with Crippen LogP contribution < -0.4 is 5.53 Å². The van der Waals surface area contributed by atoms with E-state index in [1.807, 2.05) is 0 Å². The first-order chi connectivity index (χ1) is 15.6. The number of hydrogen-bond donors (Lipinski definition) is 1. The van der Waals surface area contributed by atoms with Gasteiger partial charge >= 0.3 is 6.09 Å². The van der Waals surface area contributed by atoms with Gasteiger partial charge in [-0.15, -0.1) is 5.01 Å². The Labute approximate surface area is 212 Å². The predicted octanol–water partition coefficient (Wildman–Crippen LogP) is 3.17. The van der Waals surface area contributed by atoms with Gasteiger partial charge in [0.25, 0.3) is 5.69 Å². The van der Waals surface area contributed by atoms with Crippen molar-refractivity contribution >= 4 is 57.1 Å². The Bertz CT molecular complexity index is 1100. The molecule has 1 amide bonds. The topological polar surface area (TPSA) is 147 Å². The number of amides is 1. The zero-order valence-electron chi connectivity index (χ0n) is 19.7. The fourth-order valence-electron chi connectivity index (χ4n) is 3.43. The van der Waals surface area contributed by atoms with Crippen LogP contribution in [0.25, 0.3) is 0 Å². The average Bonchev–Trinajstić information content (AvgIpc) is 2.71. The number of aliphatic imine (C=N–C) groups is 1. The maximum atomic E-state index is 13.2. The van der Waals surface area contributed by atoms with Crippen molar-refractivity contribution in [2.24, 2.45) is 10.1 Å². The van der Waals surface area contributed by atoms with Crippen LogP contribution in [0.5, 0.6) is 0 Å². The number of nitro groups is 1. The Hall–Kier alpha value is -2.49. The van der Waals surface area contributed by atoms with Crippen LogP contribution in [0.3, 0.4) is 0 Å². The van der Waals surface area contributed by atoms with Crippen LogP contribution in [0.4, 0.5) is 10.5 Å². The fourth-order valence-corrected chi connectivity index (χ4v) is 5.31. The number of ether oxygens (including phenoxy) is 1. The van der Waals surface area contributed by atoms with Gasteiger partial charge in [0.15, 0.2) is 0 Å². The highest BCUT2D eigenvalue weighted by Crippen LogP contribution is 2.37. The lowest BCUT2D eigenvalue weighted by Gasteiger charge is -2.39. The number of non-ortho nitro benzene ring substituents is 1. The van der Waals surface area contributed by atoms with E-state index >= 15 is 0 Å². The van der Waals surface area contributed by atoms with Crippen molar-refractivity contribution in [3.05, 3.63) is 39.4 Å². The monoisotopic (exact) mass is 608 g/mol. The highest BCUT2D eigenvalue weighted by molar-refractivity contribution is 14.1. The van der Waals surface area contributed by atoms with Gasteiger partial charge in [0.05, 0.1) is 10.7 Å². The van der Waals surface area contributed by atoms with Crippen LogP contribution in [-0.2, 0) is 26.7 Å². The van der Waals surface area contributed by atoms with E-state index in [1.54, 1.807) is 33.8 Å². The average molecular weight is 608 g/mol. The highest BCUT2D eigenvalue weighted by atomic mass is 127. The molecule has 2 rings (SSSR count). The molecular weight excluding hydrogens is 579 g/mol. The van der Waals surface area contributed by atoms with Crippen LogP contribution in [0, 0.1) is 10.1 Å². The first kappa shape index (κ1) is 27.8. The molecule has 0 radical (unpaired) electrons. The lowest BCUT2D eigenvalue weighted by atomic mass is 9.88. The summed E-state index contributed by atoms with van der Waals surface area (Å²) in [4.78, 5) is 28.4. The number of alkyl halides is 1. The van der Waals surface area contributed by atoms with Crippen molar-refractivity contribution in [2.45, 2.75) is 51.7 Å². The zero-order chi connectivity index (χ0) is 25.9. The molecule has 14 heteroatoms. The summed E-state index contributed by atoms with van der Waals surface area (Å²) < 4.78 is 33.5. The second-order valence-electron chi connectivity index (χ2n) is 8.87. The van der Waals surface area contributed by atoms with Gasteiger partial charge < -0.3 is 4.74 Å². The fraction of sp³-hybridized carbons (Fsp3) is 0.550. The highest BCUT2D eigenvalue weighted by Gasteiger charge is 2.45. The molecule has 0 fully saturated rings. The van der Waals surface area contributed by atoms with Gasteiger partial charge in [-0.25, -0.2) is 28.0 Å². The van der Waals surface area contributed by atoms with Crippen molar-refractivity contribution in [1.29, 1.82) is 0 Å². The van der Waals surface area contributed by atoms with Crippen molar-refractivity contribution in [2.75, 3.05) is 17.2 Å².